The van der Waals surface area contributed by atoms with E-state index in [4.69, 9.17) is 5.73 Å². The molecule has 0 amide bonds. The number of anilines is 1. The number of halogens is 1. The molecule has 0 heterocycles. The Balaban J connectivity index is 2.70. The molecular weight excluding hydrogens is 276 g/mol. The van der Waals surface area contributed by atoms with Crippen molar-refractivity contribution in [3.8, 4) is 0 Å². The van der Waals surface area contributed by atoms with Gasteiger partial charge in [-0.05, 0) is 47.0 Å². The minimum Gasteiger partial charge on any atom is -0.374 e. The van der Waals surface area contributed by atoms with E-state index in [2.05, 4.69) is 53.0 Å². The van der Waals surface area contributed by atoms with Crippen LogP contribution in [0.1, 0.15) is 44.7 Å². The van der Waals surface area contributed by atoms with E-state index in [0.717, 1.165) is 11.0 Å². The van der Waals surface area contributed by atoms with Gasteiger partial charge in [-0.1, -0.05) is 25.8 Å². The number of benzene rings is 1. The van der Waals surface area contributed by atoms with Crippen LogP contribution in [0.2, 0.25) is 0 Å². The molecule has 96 valence electrons. The highest BCUT2D eigenvalue weighted by molar-refractivity contribution is 9.10. The van der Waals surface area contributed by atoms with Crippen LogP contribution in [0.25, 0.3) is 0 Å². The maximum atomic E-state index is 5.87. The van der Waals surface area contributed by atoms with Crippen LogP contribution in [-0.4, -0.2) is 13.6 Å². The number of nitrogens with zero attached hydrogens (tertiary/aromatic N) is 1. The number of nitrogens with two attached hydrogens (primary N) is 1. The summed E-state index contributed by atoms with van der Waals surface area (Å²) in [6, 6.07) is 6.47. The van der Waals surface area contributed by atoms with Gasteiger partial charge in [-0.25, -0.2) is 0 Å². The first kappa shape index (κ1) is 14.5. The Labute approximate surface area is 113 Å². The SMILES string of the molecule is CCCCCN(C)c1ccc(C(C)N)cc1Br. The van der Waals surface area contributed by atoms with E-state index in [1.165, 1.54) is 30.5 Å². The van der Waals surface area contributed by atoms with Crippen LogP contribution in [0.3, 0.4) is 0 Å². The molecule has 1 unspecified atom stereocenters. The molecule has 0 radical (unpaired) electrons. The van der Waals surface area contributed by atoms with Gasteiger partial charge < -0.3 is 10.6 Å². The fraction of sp³-hybridized carbons (Fsp3) is 0.571. The lowest BCUT2D eigenvalue weighted by Gasteiger charge is -2.21. The molecule has 1 rings (SSSR count). The lowest BCUT2D eigenvalue weighted by Crippen LogP contribution is -2.19. The third-order valence-electron chi connectivity index (χ3n) is 3.01. The van der Waals surface area contributed by atoms with Gasteiger partial charge in [0.05, 0.1) is 5.69 Å². The normalized spacial score (nSPS) is 12.5. The second kappa shape index (κ2) is 7.02. The summed E-state index contributed by atoms with van der Waals surface area (Å²) in [4.78, 5) is 2.30. The van der Waals surface area contributed by atoms with Gasteiger partial charge in [0.2, 0.25) is 0 Å². The molecule has 0 aliphatic rings. The molecule has 0 fully saturated rings. The van der Waals surface area contributed by atoms with Crippen LogP contribution in [0.5, 0.6) is 0 Å². The Hall–Kier alpha value is -0.540. The van der Waals surface area contributed by atoms with E-state index in [9.17, 15) is 0 Å². The molecule has 0 saturated heterocycles. The standard InChI is InChI=1S/C14H23BrN2/c1-4-5-6-9-17(3)14-8-7-12(11(2)16)10-13(14)15/h7-8,10-11H,4-6,9,16H2,1-3H3. The van der Waals surface area contributed by atoms with E-state index >= 15 is 0 Å². The molecule has 0 aliphatic carbocycles. The Morgan fingerprint density at radius 1 is 1.35 bits per heavy atom. The first-order valence-electron chi connectivity index (χ1n) is 6.32. The lowest BCUT2D eigenvalue weighted by molar-refractivity contribution is 0.704. The topological polar surface area (TPSA) is 29.3 Å². The van der Waals surface area contributed by atoms with E-state index < -0.39 is 0 Å². The molecule has 1 aromatic rings. The minimum absolute atomic E-state index is 0.0887. The maximum Gasteiger partial charge on any atom is 0.0508 e. The van der Waals surface area contributed by atoms with Crippen LogP contribution in [0, 0.1) is 0 Å². The number of hydrogen-bond acceptors (Lipinski definition) is 2. The zero-order valence-electron chi connectivity index (χ0n) is 11.0. The summed E-state index contributed by atoms with van der Waals surface area (Å²) in [7, 11) is 2.14. The Kier molecular flexibility index (Phi) is 6.00. The van der Waals surface area contributed by atoms with Crippen molar-refractivity contribution in [3.05, 3.63) is 28.2 Å². The van der Waals surface area contributed by atoms with Gasteiger partial charge in [-0.3, -0.25) is 0 Å². The zero-order valence-corrected chi connectivity index (χ0v) is 12.6. The highest BCUT2D eigenvalue weighted by Crippen LogP contribution is 2.28. The summed E-state index contributed by atoms with van der Waals surface area (Å²) in [5.74, 6) is 0. The predicted molar refractivity (Wildman–Crippen MR) is 79.5 cm³/mol. The Bertz CT molecular complexity index is 350. The van der Waals surface area contributed by atoms with Crippen LogP contribution < -0.4 is 10.6 Å². The van der Waals surface area contributed by atoms with E-state index in [-0.39, 0.29) is 6.04 Å². The molecule has 2 nitrogen and oxygen atoms in total. The minimum atomic E-state index is 0.0887. The molecule has 0 spiro atoms. The van der Waals surface area contributed by atoms with Crippen molar-refractivity contribution in [3.63, 3.8) is 0 Å². The first-order valence-corrected chi connectivity index (χ1v) is 7.11. The lowest BCUT2D eigenvalue weighted by atomic mass is 10.1. The Morgan fingerprint density at radius 3 is 2.59 bits per heavy atom. The zero-order chi connectivity index (χ0) is 12.8. The quantitative estimate of drug-likeness (QED) is 0.801. The largest absolute Gasteiger partial charge is 0.374 e. The van der Waals surface area contributed by atoms with Gasteiger partial charge in [0, 0.05) is 24.1 Å². The number of hydrogen-bond donors (Lipinski definition) is 1. The number of unbranched alkanes of at least 4 members (excludes halogenated alkanes) is 2. The molecule has 2 N–H and O–H groups in total. The third-order valence-corrected chi connectivity index (χ3v) is 3.64. The first-order chi connectivity index (χ1) is 8.06. The molecule has 0 bridgehead atoms. The fourth-order valence-electron chi connectivity index (χ4n) is 1.84. The molecule has 3 heteroatoms. The molecule has 1 aromatic carbocycles. The summed E-state index contributed by atoms with van der Waals surface area (Å²) >= 11 is 3.63. The summed E-state index contributed by atoms with van der Waals surface area (Å²) in [5, 5.41) is 0. The summed E-state index contributed by atoms with van der Waals surface area (Å²) < 4.78 is 1.13. The molecule has 17 heavy (non-hydrogen) atoms. The highest BCUT2D eigenvalue weighted by Gasteiger charge is 2.07. The van der Waals surface area contributed by atoms with Crippen LogP contribution in [0.15, 0.2) is 22.7 Å². The molecule has 0 aliphatic heterocycles. The Morgan fingerprint density at radius 2 is 2.06 bits per heavy atom. The summed E-state index contributed by atoms with van der Waals surface area (Å²) in [5.41, 5.74) is 8.28. The van der Waals surface area contributed by atoms with Crippen molar-refractivity contribution in [1.29, 1.82) is 0 Å². The van der Waals surface area contributed by atoms with Gasteiger partial charge in [0.25, 0.3) is 0 Å². The van der Waals surface area contributed by atoms with Gasteiger partial charge >= 0.3 is 0 Å². The number of rotatable bonds is 6. The predicted octanol–water partition coefficient (Wildman–Crippen LogP) is 4.10. The van der Waals surface area contributed by atoms with E-state index in [1.54, 1.807) is 0 Å². The van der Waals surface area contributed by atoms with Crippen molar-refractivity contribution >= 4 is 21.6 Å². The molecule has 0 aromatic heterocycles. The third kappa shape index (κ3) is 4.32. The van der Waals surface area contributed by atoms with Crippen molar-refractivity contribution in [2.45, 2.75) is 39.2 Å². The molecular formula is C14H23BrN2. The average molecular weight is 299 g/mol. The summed E-state index contributed by atoms with van der Waals surface area (Å²) in [6.07, 6.45) is 3.80. The van der Waals surface area contributed by atoms with Gasteiger partial charge in [-0.15, -0.1) is 0 Å². The molecule has 0 saturated carbocycles. The van der Waals surface area contributed by atoms with E-state index in [1.807, 2.05) is 6.92 Å². The van der Waals surface area contributed by atoms with Crippen LogP contribution in [-0.2, 0) is 0 Å². The second-order valence-corrected chi connectivity index (χ2v) is 5.48. The fourth-order valence-corrected chi connectivity index (χ4v) is 2.53. The van der Waals surface area contributed by atoms with Gasteiger partial charge in [0.15, 0.2) is 0 Å². The van der Waals surface area contributed by atoms with Crippen LogP contribution >= 0.6 is 15.9 Å². The maximum absolute atomic E-state index is 5.87. The smallest absolute Gasteiger partial charge is 0.0508 e. The van der Waals surface area contributed by atoms with Gasteiger partial charge in [-0.2, -0.15) is 0 Å². The van der Waals surface area contributed by atoms with Crippen molar-refractivity contribution in [2.24, 2.45) is 5.73 Å². The van der Waals surface area contributed by atoms with Crippen LogP contribution in [0.4, 0.5) is 5.69 Å². The van der Waals surface area contributed by atoms with Crippen molar-refractivity contribution < 1.29 is 0 Å². The summed E-state index contributed by atoms with van der Waals surface area (Å²) in [6.45, 7) is 5.34. The second-order valence-electron chi connectivity index (χ2n) is 4.63. The average Bonchev–Trinajstić information content (AvgIpc) is 2.28. The van der Waals surface area contributed by atoms with Crippen molar-refractivity contribution in [2.75, 3.05) is 18.5 Å². The monoisotopic (exact) mass is 298 g/mol. The van der Waals surface area contributed by atoms with Gasteiger partial charge in [0.1, 0.15) is 0 Å². The van der Waals surface area contributed by atoms with Crippen molar-refractivity contribution in [1.82, 2.24) is 0 Å². The van der Waals surface area contributed by atoms with E-state index in [0.29, 0.717) is 0 Å². The molecule has 1 atom stereocenters. The highest BCUT2D eigenvalue weighted by atomic mass is 79.9.